The quantitative estimate of drug-likeness (QED) is 0.891. The van der Waals surface area contributed by atoms with Crippen molar-refractivity contribution in [3.63, 3.8) is 0 Å². The number of rotatable bonds is 5. The van der Waals surface area contributed by atoms with Gasteiger partial charge < -0.3 is 19.7 Å². The monoisotopic (exact) mass is 340 g/mol. The Kier molecular flexibility index (Phi) is 5.43. The standard InChI is InChI=1S/C20H24N2O3/c1-3-25-19-7-5-4-6-18(19)21-20(23)22-13-12-16(14-22)15-8-10-17(24-2)11-9-15/h4-11,16H,3,12-14H2,1-2H3,(H,21,23). The van der Waals surface area contributed by atoms with E-state index in [0.717, 1.165) is 25.3 Å². The maximum absolute atomic E-state index is 12.6. The third kappa shape index (κ3) is 4.05. The highest BCUT2D eigenvalue weighted by atomic mass is 16.5. The van der Waals surface area contributed by atoms with Crippen molar-refractivity contribution >= 4 is 11.7 Å². The Bertz CT molecular complexity index is 715. The van der Waals surface area contributed by atoms with Gasteiger partial charge >= 0.3 is 6.03 Å². The van der Waals surface area contributed by atoms with Crippen molar-refractivity contribution in [2.45, 2.75) is 19.3 Å². The molecule has 2 amide bonds. The molecular weight excluding hydrogens is 316 g/mol. The molecule has 0 radical (unpaired) electrons. The lowest BCUT2D eigenvalue weighted by Crippen LogP contribution is -2.32. The highest BCUT2D eigenvalue weighted by Gasteiger charge is 2.27. The summed E-state index contributed by atoms with van der Waals surface area (Å²) in [6.07, 6.45) is 0.965. The molecule has 1 aliphatic heterocycles. The van der Waals surface area contributed by atoms with Crippen LogP contribution in [-0.4, -0.2) is 37.7 Å². The maximum atomic E-state index is 12.6. The molecule has 0 spiro atoms. The smallest absolute Gasteiger partial charge is 0.321 e. The van der Waals surface area contributed by atoms with E-state index < -0.39 is 0 Å². The van der Waals surface area contributed by atoms with Gasteiger partial charge in [0.05, 0.1) is 19.4 Å². The first-order valence-corrected chi connectivity index (χ1v) is 8.63. The molecule has 0 aromatic heterocycles. The van der Waals surface area contributed by atoms with Gasteiger partial charge in [0.15, 0.2) is 0 Å². The molecule has 0 aliphatic carbocycles. The summed E-state index contributed by atoms with van der Waals surface area (Å²) < 4.78 is 10.8. The molecule has 25 heavy (non-hydrogen) atoms. The van der Waals surface area contributed by atoms with Crippen molar-refractivity contribution in [1.82, 2.24) is 4.90 Å². The first-order chi connectivity index (χ1) is 12.2. The highest BCUT2D eigenvalue weighted by molar-refractivity contribution is 5.91. The van der Waals surface area contributed by atoms with Crippen molar-refractivity contribution in [3.8, 4) is 11.5 Å². The van der Waals surface area contributed by atoms with Gasteiger partial charge in [-0.2, -0.15) is 0 Å². The molecule has 1 fully saturated rings. The summed E-state index contributed by atoms with van der Waals surface area (Å²) in [5.41, 5.74) is 1.95. The van der Waals surface area contributed by atoms with Crippen molar-refractivity contribution in [2.24, 2.45) is 0 Å². The number of hydrogen-bond donors (Lipinski definition) is 1. The van der Waals surface area contributed by atoms with Gasteiger partial charge in [-0.3, -0.25) is 0 Å². The second-order valence-electron chi connectivity index (χ2n) is 6.06. The normalized spacial score (nSPS) is 16.6. The Morgan fingerprint density at radius 1 is 1.20 bits per heavy atom. The van der Waals surface area contributed by atoms with Crippen LogP contribution in [0.1, 0.15) is 24.8 Å². The topological polar surface area (TPSA) is 50.8 Å². The fourth-order valence-electron chi connectivity index (χ4n) is 3.14. The number of amides is 2. The van der Waals surface area contributed by atoms with E-state index in [-0.39, 0.29) is 6.03 Å². The van der Waals surface area contributed by atoms with Gasteiger partial charge in [0.25, 0.3) is 0 Å². The van der Waals surface area contributed by atoms with E-state index in [4.69, 9.17) is 9.47 Å². The summed E-state index contributed by atoms with van der Waals surface area (Å²) in [5.74, 6) is 1.91. The minimum absolute atomic E-state index is 0.0804. The number of ether oxygens (including phenoxy) is 2. The van der Waals surface area contributed by atoms with Gasteiger partial charge in [-0.05, 0) is 43.2 Å². The molecule has 5 nitrogen and oxygen atoms in total. The molecule has 3 rings (SSSR count). The van der Waals surface area contributed by atoms with Gasteiger partial charge in [-0.1, -0.05) is 24.3 Å². The third-order valence-electron chi connectivity index (χ3n) is 4.49. The van der Waals surface area contributed by atoms with Crippen LogP contribution in [0.4, 0.5) is 10.5 Å². The zero-order valence-corrected chi connectivity index (χ0v) is 14.7. The predicted octanol–water partition coefficient (Wildman–Crippen LogP) is 4.12. The Morgan fingerprint density at radius 2 is 1.96 bits per heavy atom. The van der Waals surface area contributed by atoms with Crippen LogP contribution >= 0.6 is 0 Å². The van der Waals surface area contributed by atoms with Gasteiger partial charge in [0, 0.05) is 19.0 Å². The van der Waals surface area contributed by atoms with Crippen LogP contribution in [0.25, 0.3) is 0 Å². The first kappa shape index (κ1) is 17.1. The molecule has 0 saturated carbocycles. The molecule has 132 valence electrons. The number of carbonyl (C=O) groups excluding carboxylic acids is 1. The maximum Gasteiger partial charge on any atom is 0.321 e. The van der Waals surface area contributed by atoms with E-state index in [9.17, 15) is 4.79 Å². The SMILES string of the molecule is CCOc1ccccc1NC(=O)N1CCC(c2ccc(OC)cc2)C1. The van der Waals surface area contributed by atoms with Crippen molar-refractivity contribution < 1.29 is 14.3 Å². The van der Waals surface area contributed by atoms with E-state index in [1.165, 1.54) is 5.56 Å². The number of anilines is 1. The lowest BCUT2D eigenvalue weighted by atomic mass is 9.98. The van der Waals surface area contributed by atoms with Gasteiger partial charge in [0.1, 0.15) is 11.5 Å². The van der Waals surface area contributed by atoms with Crippen LogP contribution in [0.2, 0.25) is 0 Å². The van der Waals surface area contributed by atoms with Crippen LogP contribution in [0.3, 0.4) is 0 Å². The third-order valence-corrected chi connectivity index (χ3v) is 4.49. The molecule has 5 heteroatoms. The van der Waals surface area contributed by atoms with Crippen LogP contribution < -0.4 is 14.8 Å². The summed E-state index contributed by atoms with van der Waals surface area (Å²) in [6, 6.07) is 15.5. The Labute approximate surface area is 148 Å². The molecular formula is C20H24N2O3. The number of hydrogen-bond acceptors (Lipinski definition) is 3. The molecule has 1 N–H and O–H groups in total. The lowest BCUT2D eigenvalue weighted by Gasteiger charge is -2.19. The number of carbonyl (C=O) groups is 1. The summed E-state index contributed by atoms with van der Waals surface area (Å²) in [7, 11) is 1.66. The Hall–Kier alpha value is -2.69. The minimum atomic E-state index is -0.0804. The number of methoxy groups -OCH3 is 1. The van der Waals surface area contributed by atoms with Crippen LogP contribution in [-0.2, 0) is 0 Å². The number of para-hydroxylation sites is 2. The predicted molar refractivity (Wildman–Crippen MR) is 98.6 cm³/mol. The molecule has 1 aliphatic rings. The number of nitrogens with one attached hydrogen (secondary N) is 1. The number of nitrogens with zero attached hydrogens (tertiary/aromatic N) is 1. The van der Waals surface area contributed by atoms with Crippen molar-refractivity contribution in [2.75, 3.05) is 32.1 Å². The molecule has 1 unspecified atom stereocenters. The van der Waals surface area contributed by atoms with Crippen molar-refractivity contribution in [1.29, 1.82) is 0 Å². The Balaban J connectivity index is 1.62. The number of urea groups is 1. The average Bonchev–Trinajstić information content (AvgIpc) is 3.14. The average molecular weight is 340 g/mol. The molecule has 0 bridgehead atoms. The highest BCUT2D eigenvalue weighted by Crippen LogP contribution is 2.30. The molecule has 1 saturated heterocycles. The fraction of sp³-hybridized carbons (Fsp3) is 0.350. The van der Waals surface area contributed by atoms with Gasteiger partial charge in [-0.15, -0.1) is 0 Å². The van der Waals surface area contributed by atoms with E-state index >= 15 is 0 Å². The first-order valence-electron chi connectivity index (χ1n) is 8.63. The van der Waals surface area contributed by atoms with Crippen LogP contribution in [0.15, 0.2) is 48.5 Å². The molecule has 2 aromatic carbocycles. The van der Waals surface area contributed by atoms with E-state index in [0.29, 0.717) is 24.0 Å². The summed E-state index contributed by atoms with van der Waals surface area (Å²) in [5, 5.41) is 2.97. The number of likely N-dealkylation sites (tertiary alicyclic amines) is 1. The largest absolute Gasteiger partial charge is 0.497 e. The lowest BCUT2D eigenvalue weighted by molar-refractivity contribution is 0.222. The summed E-state index contributed by atoms with van der Waals surface area (Å²) >= 11 is 0. The summed E-state index contributed by atoms with van der Waals surface area (Å²) in [6.45, 7) is 3.96. The van der Waals surface area contributed by atoms with Crippen LogP contribution in [0, 0.1) is 0 Å². The molecule has 2 aromatic rings. The van der Waals surface area contributed by atoms with Gasteiger partial charge in [-0.25, -0.2) is 4.79 Å². The minimum Gasteiger partial charge on any atom is -0.497 e. The van der Waals surface area contributed by atoms with E-state index in [1.54, 1.807) is 7.11 Å². The second kappa shape index (κ2) is 7.92. The molecule has 1 heterocycles. The Morgan fingerprint density at radius 3 is 2.68 bits per heavy atom. The van der Waals surface area contributed by atoms with Crippen molar-refractivity contribution in [3.05, 3.63) is 54.1 Å². The summed E-state index contributed by atoms with van der Waals surface area (Å²) in [4.78, 5) is 14.4. The zero-order valence-electron chi connectivity index (χ0n) is 14.7. The van der Waals surface area contributed by atoms with E-state index in [2.05, 4.69) is 17.4 Å². The van der Waals surface area contributed by atoms with Crippen LogP contribution in [0.5, 0.6) is 11.5 Å². The van der Waals surface area contributed by atoms with E-state index in [1.807, 2.05) is 48.2 Å². The fourth-order valence-corrected chi connectivity index (χ4v) is 3.14. The molecule has 1 atom stereocenters. The number of benzene rings is 2. The van der Waals surface area contributed by atoms with Gasteiger partial charge in [0.2, 0.25) is 0 Å². The zero-order chi connectivity index (χ0) is 17.6. The second-order valence-corrected chi connectivity index (χ2v) is 6.06.